The van der Waals surface area contributed by atoms with Gasteiger partial charge in [0.25, 0.3) is 0 Å². The van der Waals surface area contributed by atoms with Gasteiger partial charge in [-0.05, 0) is 24.3 Å². The number of nitrogens with one attached hydrogen (secondary N) is 1. The zero-order chi connectivity index (χ0) is 12.0. The summed E-state index contributed by atoms with van der Waals surface area (Å²) in [5.41, 5.74) is 2.85. The molecule has 0 saturated heterocycles. The Morgan fingerprint density at radius 2 is 2.25 bits per heavy atom. The lowest BCUT2D eigenvalue weighted by Gasteiger charge is -2.05. The lowest BCUT2D eigenvalue weighted by Crippen LogP contribution is -2.23. The van der Waals surface area contributed by atoms with E-state index in [1.807, 2.05) is 17.5 Å². The molecule has 1 N–H and O–H groups in total. The number of aliphatic carboxylic acids is 1. The first-order valence-corrected chi connectivity index (χ1v) is 5.54. The topological polar surface area (TPSA) is 81.6 Å². The highest BCUT2D eigenvalue weighted by molar-refractivity contribution is 7.12. The SMILES string of the molecule is CC(=O)N/N=C(/CCC(=O)[O-])c1cccs1. The van der Waals surface area contributed by atoms with Gasteiger partial charge in [0, 0.05) is 12.9 Å². The summed E-state index contributed by atoms with van der Waals surface area (Å²) in [6.45, 7) is 1.34. The van der Waals surface area contributed by atoms with E-state index in [-0.39, 0.29) is 18.7 Å². The lowest BCUT2D eigenvalue weighted by atomic mass is 10.2. The summed E-state index contributed by atoms with van der Waals surface area (Å²) in [5, 5.41) is 16.1. The molecule has 0 aliphatic heterocycles. The molecule has 0 bridgehead atoms. The number of hydrogen-bond donors (Lipinski definition) is 1. The van der Waals surface area contributed by atoms with Crippen molar-refractivity contribution < 1.29 is 14.7 Å². The fraction of sp³-hybridized carbons (Fsp3) is 0.300. The minimum absolute atomic E-state index is 0.115. The van der Waals surface area contributed by atoms with E-state index in [0.29, 0.717) is 5.71 Å². The number of thiophene rings is 1. The van der Waals surface area contributed by atoms with E-state index in [4.69, 9.17) is 0 Å². The molecular weight excluding hydrogens is 228 g/mol. The number of hydrazone groups is 1. The third kappa shape index (κ3) is 4.22. The summed E-state index contributed by atoms with van der Waals surface area (Å²) in [6.07, 6.45) is 0.124. The molecule has 0 fully saturated rings. The minimum Gasteiger partial charge on any atom is -0.550 e. The fourth-order valence-electron chi connectivity index (χ4n) is 1.04. The third-order valence-electron chi connectivity index (χ3n) is 1.72. The molecule has 0 radical (unpaired) electrons. The highest BCUT2D eigenvalue weighted by Gasteiger charge is 2.05. The Labute approximate surface area is 96.8 Å². The van der Waals surface area contributed by atoms with Crippen molar-refractivity contribution in [3.05, 3.63) is 22.4 Å². The first kappa shape index (κ1) is 12.4. The summed E-state index contributed by atoms with van der Waals surface area (Å²) in [6, 6.07) is 3.66. The van der Waals surface area contributed by atoms with Crippen LogP contribution in [0.3, 0.4) is 0 Å². The maximum absolute atomic E-state index is 10.7. The molecule has 1 rings (SSSR count). The van der Waals surface area contributed by atoms with Gasteiger partial charge in [-0.2, -0.15) is 5.10 Å². The molecule has 0 unspecified atom stereocenters. The van der Waals surface area contributed by atoms with Crippen LogP contribution in [0.5, 0.6) is 0 Å². The molecule has 1 aromatic rings. The number of nitrogens with zero attached hydrogens (tertiary/aromatic N) is 1. The van der Waals surface area contributed by atoms with E-state index in [0.717, 1.165) is 4.88 Å². The van der Waals surface area contributed by atoms with Gasteiger partial charge in [0.05, 0.1) is 10.6 Å². The average Bonchev–Trinajstić information content (AvgIpc) is 2.70. The molecule has 0 saturated carbocycles. The zero-order valence-corrected chi connectivity index (χ0v) is 9.54. The van der Waals surface area contributed by atoms with Gasteiger partial charge in [0.15, 0.2) is 0 Å². The van der Waals surface area contributed by atoms with Gasteiger partial charge >= 0.3 is 0 Å². The van der Waals surface area contributed by atoms with E-state index < -0.39 is 5.97 Å². The standard InChI is InChI=1S/C10H12N2O3S/c1-7(13)11-12-8(4-5-10(14)15)9-3-2-6-16-9/h2-3,6H,4-5H2,1H3,(H,11,13)(H,14,15)/p-1/b12-8-. The van der Waals surface area contributed by atoms with Crippen molar-refractivity contribution in [2.75, 3.05) is 0 Å². The molecule has 6 heteroatoms. The normalized spacial score (nSPS) is 11.2. The second kappa shape index (κ2) is 6.02. The molecule has 0 spiro atoms. The Balaban J connectivity index is 2.73. The molecular formula is C10H11N2O3S-. The molecule has 1 amide bonds. The maximum Gasteiger partial charge on any atom is 0.236 e. The van der Waals surface area contributed by atoms with E-state index in [1.165, 1.54) is 18.3 Å². The Bertz CT molecular complexity index is 398. The minimum atomic E-state index is -1.13. The summed E-state index contributed by atoms with van der Waals surface area (Å²) in [4.78, 5) is 21.9. The van der Waals surface area contributed by atoms with Crippen LogP contribution in [0, 0.1) is 0 Å². The number of carbonyl (C=O) groups is 2. The second-order valence-electron chi connectivity index (χ2n) is 3.08. The number of carboxylic acids is 1. The maximum atomic E-state index is 10.7. The van der Waals surface area contributed by atoms with Gasteiger partial charge < -0.3 is 9.90 Å². The number of rotatable bonds is 5. The average molecular weight is 239 g/mol. The Morgan fingerprint density at radius 1 is 1.50 bits per heavy atom. The van der Waals surface area contributed by atoms with Crippen LogP contribution < -0.4 is 10.5 Å². The molecule has 1 heterocycles. The van der Waals surface area contributed by atoms with E-state index in [9.17, 15) is 14.7 Å². The fourth-order valence-corrected chi connectivity index (χ4v) is 1.79. The van der Waals surface area contributed by atoms with Crippen LogP contribution in [0.2, 0.25) is 0 Å². The highest BCUT2D eigenvalue weighted by atomic mass is 32.1. The molecule has 16 heavy (non-hydrogen) atoms. The van der Waals surface area contributed by atoms with Crippen molar-refractivity contribution in [1.82, 2.24) is 5.43 Å². The molecule has 0 aliphatic rings. The Kier molecular flexibility index (Phi) is 4.65. The predicted molar refractivity (Wildman–Crippen MR) is 58.9 cm³/mol. The van der Waals surface area contributed by atoms with Crippen molar-refractivity contribution in [3.63, 3.8) is 0 Å². The number of carbonyl (C=O) groups excluding carboxylic acids is 2. The van der Waals surface area contributed by atoms with Gasteiger partial charge in [-0.1, -0.05) is 6.07 Å². The molecule has 5 nitrogen and oxygen atoms in total. The second-order valence-corrected chi connectivity index (χ2v) is 4.02. The van der Waals surface area contributed by atoms with Gasteiger partial charge in [0.2, 0.25) is 5.91 Å². The predicted octanol–water partition coefficient (Wildman–Crippen LogP) is 0.118. The molecule has 0 aromatic carbocycles. The van der Waals surface area contributed by atoms with Gasteiger partial charge in [0.1, 0.15) is 0 Å². The molecule has 86 valence electrons. The zero-order valence-electron chi connectivity index (χ0n) is 8.73. The van der Waals surface area contributed by atoms with Crippen LogP contribution in [0.15, 0.2) is 22.6 Å². The molecule has 1 aromatic heterocycles. The summed E-state index contributed by atoms with van der Waals surface area (Å²) < 4.78 is 0. The Hall–Kier alpha value is -1.69. The smallest absolute Gasteiger partial charge is 0.236 e. The monoisotopic (exact) mass is 239 g/mol. The quantitative estimate of drug-likeness (QED) is 0.585. The van der Waals surface area contributed by atoms with Crippen molar-refractivity contribution in [1.29, 1.82) is 0 Å². The van der Waals surface area contributed by atoms with Crippen molar-refractivity contribution >= 4 is 28.9 Å². The first-order chi connectivity index (χ1) is 7.59. The number of carboxylic acid groups (broad SMARTS) is 1. The van der Waals surface area contributed by atoms with Crippen LogP contribution in [-0.4, -0.2) is 17.6 Å². The van der Waals surface area contributed by atoms with Crippen LogP contribution >= 0.6 is 11.3 Å². The van der Waals surface area contributed by atoms with Crippen LogP contribution in [0.25, 0.3) is 0 Å². The lowest BCUT2D eigenvalue weighted by molar-refractivity contribution is -0.305. The first-order valence-electron chi connectivity index (χ1n) is 4.66. The van der Waals surface area contributed by atoms with Gasteiger partial charge in [-0.3, -0.25) is 4.79 Å². The van der Waals surface area contributed by atoms with Crippen molar-refractivity contribution in [2.24, 2.45) is 5.10 Å². The largest absolute Gasteiger partial charge is 0.550 e. The summed E-state index contributed by atoms with van der Waals surface area (Å²) in [5.74, 6) is -1.42. The highest BCUT2D eigenvalue weighted by Crippen LogP contribution is 2.13. The number of hydrogen-bond acceptors (Lipinski definition) is 5. The van der Waals surface area contributed by atoms with Crippen LogP contribution in [0.4, 0.5) is 0 Å². The molecule has 0 aliphatic carbocycles. The third-order valence-corrected chi connectivity index (χ3v) is 2.64. The van der Waals surface area contributed by atoms with Crippen LogP contribution in [-0.2, 0) is 9.59 Å². The van der Waals surface area contributed by atoms with E-state index in [1.54, 1.807) is 0 Å². The van der Waals surface area contributed by atoms with Crippen LogP contribution in [0.1, 0.15) is 24.6 Å². The van der Waals surface area contributed by atoms with Gasteiger partial charge in [-0.25, -0.2) is 5.43 Å². The Morgan fingerprint density at radius 3 is 2.75 bits per heavy atom. The van der Waals surface area contributed by atoms with Crippen molar-refractivity contribution in [3.8, 4) is 0 Å². The molecule has 0 atom stereocenters. The summed E-state index contributed by atoms with van der Waals surface area (Å²) >= 11 is 1.44. The van der Waals surface area contributed by atoms with E-state index >= 15 is 0 Å². The van der Waals surface area contributed by atoms with Gasteiger partial charge in [-0.15, -0.1) is 11.3 Å². The number of amides is 1. The van der Waals surface area contributed by atoms with E-state index in [2.05, 4.69) is 10.5 Å². The van der Waals surface area contributed by atoms with Crippen molar-refractivity contribution in [2.45, 2.75) is 19.8 Å². The summed E-state index contributed by atoms with van der Waals surface area (Å²) in [7, 11) is 0.